The molecule has 0 radical (unpaired) electrons. The first kappa shape index (κ1) is 22.7. The zero-order valence-corrected chi connectivity index (χ0v) is 18.6. The number of anilines is 1. The van der Waals surface area contributed by atoms with Crippen molar-refractivity contribution >= 4 is 27.2 Å². The standard InChI is InChI=1S/C24H21N3O4S/c1-17(28)26-21-7-5-9-23(14-21)32(3,30)27-24(29)20-12-19(15-25-16-20)11-10-18-6-4-8-22(13-18)31-2/h4-9,12-16H,1-3H3,(H,26,28). The zero-order valence-electron chi connectivity index (χ0n) is 17.8. The number of aromatic nitrogens is 1. The quantitative estimate of drug-likeness (QED) is 0.615. The summed E-state index contributed by atoms with van der Waals surface area (Å²) in [5, 5.41) is 2.62. The lowest BCUT2D eigenvalue weighted by molar-refractivity contribution is -0.114. The normalized spacial score (nSPS) is 12.0. The Morgan fingerprint density at radius 1 is 1.03 bits per heavy atom. The second kappa shape index (κ2) is 9.90. The third-order valence-electron chi connectivity index (χ3n) is 4.25. The van der Waals surface area contributed by atoms with Gasteiger partial charge in [-0.3, -0.25) is 14.6 Å². The van der Waals surface area contributed by atoms with Gasteiger partial charge in [0, 0.05) is 47.3 Å². The van der Waals surface area contributed by atoms with Gasteiger partial charge in [0.2, 0.25) is 5.91 Å². The highest BCUT2D eigenvalue weighted by Gasteiger charge is 2.13. The molecule has 7 nitrogen and oxygen atoms in total. The van der Waals surface area contributed by atoms with Crippen molar-refractivity contribution in [2.24, 2.45) is 4.36 Å². The van der Waals surface area contributed by atoms with Crippen LogP contribution in [0.4, 0.5) is 5.69 Å². The van der Waals surface area contributed by atoms with Crippen molar-refractivity contribution in [1.82, 2.24) is 4.98 Å². The molecule has 0 saturated heterocycles. The Kier molecular flexibility index (Phi) is 7.03. The summed E-state index contributed by atoms with van der Waals surface area (Å²) in [5.41, 5.74) is 1.92. The average Bonchev–Trinajstić information content (AvgIpc) is 2.77. The van der Waals surface area contributed by atoms with E-state index in [0.29, 0.717) is 21.9 Å². The first-order valence-electron chi connectivity index (χ1n) is 9.52. The van der Waals surface area contributed by atoms with Crippen LogP contribution in [0.1, 0.15) is 28.4 Å². The summed E-state index contributed by atoms with van der Waals surface area (Å²) in [6.07, 6.45) is 4.26. The molecule has 1 N–H and O–H groups in total. The minimum Gasteiger partial charge on any atom is -0.497 e. The number of nitrogens with one attached hydrogen (secondary N) is 1. The van der Waals surface area contributed by atoms with E-state index in [1.165, 1.54) is 31.6 Å². The van der Waals surface area contributed by atoms with Crippen molar-refractivity contribution in [3.63, 3.8) is 0 Å². The molecule has 2 aromatic carbocycles. The summed E-state index contributed by atoms with van der Waals surface area (Å²) in [6, 6.07) is 15.3. The number of pyridine rings is 1. The molecule has 0 aliphatic carbocycles. The fraction of sp³-hybridized carbons (Fsp3) is 0.125. The van der Waals surface area contributed by atoms with Crippen molar-refractivity contribution in [3.05, 3.63) is 83.7 Å². The Bertz CT molecular complexity index is 1360. The molecule has 8 heteroatoms. The minimum absolute atomic E-state index is 0.176. The van der Waals surface area contributed by atoms with Crippen LogP contribution >= 0.6 is 0 Å². The van der Waals surface area contributed by atoms with E-state index >= 15 is 0 Å². The number of carbonyl (C=O) groups excluding carboxylic acids is 2. The van der Waals surface area contributed by atoms with Crippen molar-refractivity contribution < 1.29 is 18.5 Å². The van der Waals surface area contributed by atoms with Crippen LogP contribution in [0.2, 0.25) is 0 Å². The second-order valence-corrected chi connectivity index (χ2v) is 9.11. The Morgan fingerprint density at radius 3 is 2.53 bits per heavy atom. The molecule has 32 heavy (non-hydrogen) atoms. The van der Waals surface area contributed by atoms with E-state index in [1.54, 1.807) is 37.4 Å². The van der Waals surface area contributed by atoms with Gasteiger partial charge >= 0.3 is 0 Å². The van der Waals surface area contributed by atoms with Crippen LogP contribution in [0.5, 0.6) is 5.75 Å². The van der Waals surface area contributed by atoms with Crippen LogP contribution in [-0.2, 0) is 14.5 Å². The molecular formula is C24H21N3O4S. The third-order valence-corrected chi connectivity index (χ3v) is 5.90. The minimum atomic E-state index is -3.05. The highest BCUT2D eigenvalue weighted by molar-refractivity contribution is 7.93. The molecule has 3 aromatic rings. The number of hydrogen-bond acceptors (Lipinski definition) is 5. The molecular weight excluding hydrogens is 426 g/mol. The van der Waals surface area contributed by atoms with Gasteiger partial charge in [0.15, 0.2) is 0 Å². The van der Waals surface area contributed by atoms with Gasteiger partial charge in [-0.15, -0.1) is 0 Å². The highest BCUT2D eigenvalue weighted by atomic mass is 32.2. The molecule has 0 bridgehead atoms. The van der Waals surface area contributed by atoms with Crippen molar-refractivity contribution in [2.45, 2.75) is 11.8 Å². The topological polar surface area (TPSA) is 97.7 Å². The molecule has 0 spiro atoms. The summed E-state index contributed by atoms with van der Waals surface area (Å²) in [7, 11) is -1.47. The fourth-order valence-corrected chi connectivity index (χ4v) is 3.95. The molecule has 2 amide bonds. The van der Waals surface area contributed by atoms with Gasteiger partial charge in [0.1, 0.15) is 5.75 Å². The number of carbonyl (C=O) groups is 2. The van der Waals surface area contributed by atoms with Gasteiger partial charge in [-0.25, -0.2) is 4.21 Å². The van der Waals surface area contributed by atoms with E-state index in [1.807, 2.05) is 18.2 Å². The lowest BCUT2D eigenvalue weighted by Crippen LogP contribution is -2.08. The van der Waals surface area contributed by atoms with Crippen LogP contribution in [0.3, 0.4) is 0 Å². The molecule has 1 heterocycles. The van der Waals surface area contributed by atoms with Gasteiger partial charge in [-0.05, 0) is 42.5 Å². The summed E-state index contributed by atoms with van der Waals surface area (Å²) < 4.78 is 22.2. The molecule has 162 valence electrons. The van der Waals surface area contributed by atoms with Crippen LogP contribution < -0.4 is 10.1 Å². The summed E-state index contributed by atoms with van der Waals surface area (Å²) in [5.74, 6) is 5.72. The van der Waals surface area contributed by atoms with Crippen molar-refractivity contribution in [3.8, 4) is 17.6 Å². The van der Waals surface area contributed by atoms with Gasteiger partial charge in [-0.2, -0.15) is 4.36 Å². The van der Waals surface area contributed by atoms with E-state index in [-0.39, 0.29) is 11.5 Å². The number of benzene rings is 2. The molecule has 0 aliphatic rings. The number of hydrogen-bond donors (Lipinski definition) is 1. The highest BCUT2D eigenvalue weighted by Crippen LogP contribution is 2.18. The van der Waals surface area contributed by atoms with Gasteiger partial charge < -0.3 is 10.1 Å². The third kappa shape index (κ3) is 6.03. The zero-order chi connectivity index (χ0) is 23.1. The molecule has 0 fully saturated rings. The predicted octanol–water partition coefficient (Wildman–Crippen LogP) is 3.75. The van der Waals surface area contributed by atoms with E-state index in [2.05, 4.69) is 26.5 Å². The largest absolute Gasteiger partial charge is 0.497 e. The molecule has 1 aromatic heterocycles. The Labute approximate surface area is 187 Å². The fourth-order valence-electron chi connectivity index (χ4n) is 2.75. The van der Waals surface area contributed by atoms with E-state index in [0.717, 1.165) is 5.56 Å². The van der Waals surface area contributed by atoms with Gasteiger partial charge in [0.05, 0.1) is 22.4 Å². The smallest absolute Gasteiger partial charge is 0.286 e. The van der Waals surface area contributed by atoms with E-state index in [9.17, 15) is 13.8 Å². The maximum absolute atomic E-state index is 13.1. The lowest BCUT2D eigenvalue weighted by Gasteiger charge is -2.07. The Morgan fingerprint density at radius 2 is 1.78 bits per heavy atom. The number of rotatable bonds is 4. The average molecular weight is 448 g/mol. The first-order chi connectivity index (χ1) is 15.3. The van der Waals surface area contributed by atoms with Crippen LogP contribution in [0, 0.1) is 11.8 Å². The summed E-state index contributed by atoms with van der Waals surface area (Å²) in [4.78, 5) is 28.3. The van der Waals surface area contributed by atoms with Gasteiger partial charge in [-0.1, -0.05) is 24.0 Å². The maximum Gasteiger partial charge on any atom is 0.286 e. The molecule has 0 aliphatic heterocycles. The van der Waals surface area contributed by atoms with Crippen molar-refractivity contribution in [2.75, 3.05) is 18.7 Å². The maximum atomic E-state index is 13.1. The van der Waals surface area contributed by atoms with Crippen LogP contribution in [0.15, 0.2) is 76.2 Å². The summed E-state index contributed by atoms with van der Waals surface area (Å²) >= 11 is 0. The van der Waals surface area contributed by atoms with Crippen molar-refractivity contribution in [1.29, 1.82) is 0 Å². The molecule has 1 atom stereocenters. The van der Waals surface area contributed by atoms with E-state index in [4.69, 9.17) is 4.74 Å². The number of ether oxygens (including phenoxy) is 1. The molecule has 0 saturated carbocycles. The first-order valence-corrected chi connectivity index (χ1v) is 11.4. The number of nitrogens with zero attached hydrogens (tertiary/aromatic N) is 2. The Balaban J connectivity index is 1.87. The van der Waals surface area contributed by atoms with Crippen LogP contribution in [0.25, 0.3) is 0 Å². The lowest BCUT2D eigenvalue weighted by atomic mass is 10.1. The summed E-state index contributed by atoms with van der Waals surface area (Å²) in [6.45, 7) is 1.38. The second-order valence-electron chi connectivity index (χ2n) is 6.85. The number of amides is 2. The Hall–Kier alpha value is -3.96. The predicted molar refractivity (Wildman–Crippen MR) is 123 cm³/mol. The SMILES string of the molecule is COc1cccc(C#Cc2cncc(C(=O)N=S(C)(=O)c3cccc(NC(C)=O)c3)c2)c1. The molecule has 3 rings (SSSR count). The molecule has 1 unspecified atom stereocenters. The van der Waals surface area contributed by atoms with E-state index < -0.39 is 15.6 Å². The number of methoxy groups -OCH3 is 1. The monoisotopic (exact) mass is 447 g/mol. The van der Waals surface area contributed by atoms with Crippen LogP contribution in [-0.4, -0.2) is 34.4 Å². The van der Waals surface area contributed by atoms with Gasteiger partial charge in [0.25, 0.3) is 5.91 Å².